The predicted octanol–water partition coefficient (Wildman–Crippen LogP) is 3.78. The number of benzene rings is 2. The van der Waals surface area contributed by atoms with Crippen molar-refractivity contribution in [3.05, 3.63) is 83.4 Å². The predicted molar refractivity (Wildman–Crippen MR) is 116 cm³/mol. The Balaban J connectivity index is 1.48. The van der Waals surface area contributed by atoms with E-state index in [9.17, 15) is 9.18 Å². The fourth-order valence-electron chi connectivity index (χ4n) is 3.57. The van der Waals surface area contributed by atoms with Crippen molar-refractivity contribution in [2.45, 2.75) is 20.1 Å². The minimum atomic E-state index is -0.480. The molecule has 0 saturated carbocycles. The average molecular weight is 429 g/mol. The summed E-state index contributed by atoms with van der Waals surface area (Å²) in [5, 5.41) is 7.26. The van der Waals surface area contributed by atoms with Crippen LogP contribution < -0.4 is 10.1 Å². The number of aryl methyl sites for hydroxylation is 1. The molecule has 32 heavy (non-hydrogen) atoms. The molecule has 0 fully saturated rings. The zero-order valence-electron chi connectivity index (χ0n) is 17.4. The second-order valence-electron chi connectivity index (χ2n) is 7.55. The van der Waals surface area contributed by atoms with Gasteiger partial charge in [0, 0.05) is 12.7 Å². The van der Waals surface area contributed by atoms with Crippen molar-refractivity contribution in [3.8, 4) is 28.5 Å². The first-order chi connectivity index (χ1) is 15.6. The average Bonchev–Trinajstić information content (AvgIpc) is 3.25. The van der Waals surface area contributed by atoms with Crippen molar-refractivity contribution in [2.24, 2.45) is 0 Å². The van der Waals surface area contributed by atoms with Crippen LogP contribution >= 0.6 is 0 Å². The van der Waals surface area contributed by atoms with E-state index < -0.39 is 5.82 Å². The van der Waals surface area contributed by atoms with Gasteiger partial charge in [0.1, 0.15) is 29.6 Å². The summed E-state index contributed by atoms with van der Waals surface area (Å²) < 4.78 is 22.4. The van der Waals surface area contributed by atoms with Gasteiger partial charge in [-0.15, -0.1) is 0 Å². The minimum absolute atomic E-state index is 0.176. The van der Waals surface area contributed by atoms with Gasteiger partial charge in [-0.3, -0.25) is 9.48 Å². The van der Waals surface area contributed by atoms with Crippen molar-refractivity contribution >= 4 is 5.91 Å². The van der Waals surface area contributed by atoms with Gasteiger partial charge in [0.15, 0.2) is 5.82 Å². The molecule has 0 saturated heterocycles. The van der Waals surface area contributed by atoms with E-state index in [0.717, 1.165) is 11.1 Å². The Morgan fingerprint density at radius 2 is 1.97 bits per heavy atom. The topological polar surface area (TPSA) is 81.9 Å². The summed E-state index contributed by atoms with van der Waals surface area (Å²) in [4.78, 5) is 20.9. The van der Waals surface area contributed by atoms with Gasteiger partial charge in [-0.2, -0.15) is 5.10 Å². The fourth-order valence-corrected chi connectivity index (χ4v) is 3.57. The van der Waals surface area contributed by atoms with E-state index in [1.807, 2.05) is 31.2 Å². The van der Waals surface area contributed by atoms with Crippen LogP contribution in [-0.4, -0.2) is 32.2 Å². The van der Waals surface area contributed by atoms with E-state index in [2.05, 4.69) is 20.4 Å². The molecule has 0 atom stereocenters. The smallest absolute Gasteiger partial charge is 0.269 e. The van der Waals surface area contributed by atoms with E-state index in [1.54, 1.807) is 35.1 Å². The Labute approximate surface area is 183 Å². The third-order valence-corrected chi connectivity index (χ3v) is 5.25. The van der Waals surface area contributed by atoms with Gasteiger partial charge in [-0.25, -0.2) is 14.4 Å². The van der Waals surface area contributed by atoms with E-state index in [1.165, 1.54) is 6.07 Å². The number of amides is 1. The first kappa shape index (κ1) is 19.9. The molecule has 8 heteroatoms. The zero-order chi connectivity index (χ0) is 22.1. The van der Waals surface area contributed by atoms with E-state index in [4.69, 9.17) is 4.74 Å². The molecule has 0 aliphatic carbocycles. The highest BCUT2D eigenvalue weighted by Crippen LogP contribution is 2.32. The number of carbonyl (C=O) groups excluding carboxylic acids is 1. The summed E-state index contributed by atoms with van der Waals surface area (Å²) >= 11 is 0. The molecule has 2 aromatic heterocycles. The molecule has 7 nitrogen and oxygen atoms in total. The Hall–Kier alpha value is -4.07. The van der Waals surface area contributed by atoms with Crippen molar-refractivity contribution in [3.63, 3.8) is 0 Å². The summed E-state index contributed by atoms with van der Waals surface area (Å²) in [5.41, 5.74) is 3.81. The van der Waals surface area contributed by atoms with Crippen LogP contribution in [0.1, 0.15) is 21.6 Å². The second-order valence-corrected chi connectivity index (χ2v) is 7.55. The number of nitrogens with one attached hydrogen (secondary N) is 1. The van der Waals surface area contributed by atoms with Crippen molar-refractivity contribution in [2.75, 3.05) is 6.54 Å². The number of hydrogen-bond acceptors (Lipinski definition) is 5. The van der Waals surface area contributed by atoms with Gasteiger partial charge in [-0.05, 0) is 36.8 Å². The van der Waals surface area contributed by atoms with Crippen LogP contribution in [0.25, 0.3) is 22.8 Å². The maximum absolute atomic E-state index is 14.9. The molecule has 1 aliphatic rings. The van der Waals surface area contributed by atoms with Gasteiger partial charge < -0.3 is 10.1 Å². The lowest BCUT2D eigenvalue weighted by Gasteiger charge is -2.13. The molecule has 5 rings (SSSR count). The summed E-state index contributed by atoms with van der Waals surface area (Å²) in [5.74, 6) is -0.113. The summed E-state index contributed by atoms with van der Waals surface area (Å²) in [6, 6.07) is 16.0. The number of ether oxygens (including phenoxy) is 1. The van der Waals surface area contributed by atoms with Crippen molar-refractivity contribution < 1.29 is 13.9 Å². The minimum Gasteiger partial charge on any atom is -0.488 e. The van der Waals surface area contributed by atoms with E-state index in [-0.39, 0.29) is 17.3 Å². The molecule has 1 amide bonds. The molecular weight excluding hydrogens is 409 g/mol. The van der Waals surface area contributed by atoms with Gasteiger partial charge >= 0.3 is 0 Å². The quantitative estimate of drug-likeness (QED) is 0.522. The normalized spacial score (nSPS) is 12.9. The van der Waals surface area contributed by atoms with Crippen LogP contribution in [0.15, 0.2) is 60.8 Å². The molecular formula is C24H20FN5O2. The number of aromatic nitrogens is 4. The number of carbonyl (C=O) groups is 1. The summed E-state index contributed by atoms with van der Waals surface area (Å²) in [6.07, 6.45) is 1.55. The lowest BCUT2D eigenvalue weighted by atomic mass is 10.1. The number of fused-ring (bicyclic) bond motifs is 1. The maximum atomic E-state index is 14.9. The van der Waals surface area contributed by atoms with Crippen LogP contribution in [0.4, 0.5) is 4.39 Å². The fraction of sp³-hybridized carbons (Fsp3) is 0.167. The molecule has 160 valence electrons. The lowest BCUT2D eigenvalue weighted by Crippen LogP contribution is -2.35. The highest BCUT2D eigenvalue weighted by molar-refractivity contribution is 5.94. The maximum Gasteiger partial charge on any atom is 0.269 e. The Morgan fingerprint density at radius 3 is 2.78 bits per heavy atom. The molecule has 0 unspecified atom stereocenters. The molecule has 1 aliphatic heterocycles. The first-order valence-corrected chi connectivity index (χ1v) is 10.3. The number of hydrogen-bond donors (Lipinski definition) is 1. The molecule has 2 aromatic carbocycles. The highest BCUT2D eigenvalue weighted by atomic mass is 19.1. The third kappa shape index (κ3) is 3.82. The molecule has 3 heterocycles. The first-order valence-electron chi connectivity index (χ1n) is 10.3. The second kappa shape index (κ2) is 8.22. The lowest BCUT2D eigenvalue weighted by molar-refractivity contribution is 0.0924. The Kier molecular flexibility index (Phi) is 5.10. The zero-order valence-corrected chi connectivity index (χ0v) is 17.4. The largest absolute Gasteiger partial charge is 0.488 e. The van der Waals surface area contributed by atoms with Gasteiger partial charge in [0.2, 0.25) is 0 Å². The van der Waals surface area contributed by atoms with Crippen LogP contribution in [0.2, 0.25) is 0 Å². The number of nitrogens with zero attached hydrogens (tertiary/aromatic N) is 4. The van der Waals surface area contributed by atoms with E-state index >= 15 is 0 Å². The van der Waals surface area contributed by atoms with Gasteiger partial charge in [-0.1, -0.05) is 35.9 Å². The Bertz CT molecular complexity index is 1300. The van der Waals surface area contributed by atoms with Crippen molar-refractivity contribution in [1.82, 2.24) is 25.1 Å². The van der Waals surface area contributed by atoms with Crippen LogP contribution in [-0.2, 0) is 13.2 Å². The monoisotopic (exact) mass is 429 g/mol. The standard InChI is InChI=1S/C24H20FN5O2/c1-15-5-7-16(8-6-15)14-32-21-4-2-3-17(25)22(21)23-26-10-9-18(28-23)19-13-20-24(31)27-11-12-30(20)29-19/h2-10,13H,11-12,14H2,1H3,(H,27,31). The SMILES string of the molecule is Cc1ccc(COc2cccc(F)c2-c2nccc(-c3cc4n(n3)CCNC4=O)n2)cc1. The highest BCUT2D eigenvalue weighted by Gasteiger charge is 2.21. The molecule has 4 aromatic rings. The molecule has 1 N–H and O–H groups in total. The number of halogens is 1. The molecule has 0 spiro atoms. The summed E-state index contributed by atoms with van der Waals surface area (Å²) in [7, 11) is 0. The van der Waals surface area contributed by atoms with Crippen LogP contribution in [0.3, 0.4) is 0 Å². The third-order valence-electron chi connectivity index (χ3n) is 5.25. The van der Waals surface area contributed by atoms with Crippen molar-refractivity contribution in [1.29, 1.82) is 0 Å². The molecule has 0 radical (unpaired) electrons. The summed E-state index contributed by atoms with van der Waals surface area (Å²) in [6.45, 7) is 3.42. The van der Waals surface area contributed by atoms with Crippen LogP contribution in [0, 0.1) is 12.7 Å². The van der Waals surface area contributed by atoms with Gasteiger partial charge in [0.05, 0.1) is 17.8 Å². The number of rotatable bonds is 5. The van der Waals surface area contributed by atoms with Gasteiger partial charge in [0.25, 0.3) is 5.91 Å². The van der Waals surface area contributed by atoms with E-state index in [0.29, 0.717) is 42.5 Å². The molecule has 0 bridgehead atoms. The van der Waals surface area contributed by atoms with Crippen LogP contribution in [0.5, 0.6) is 5.75 Å². The Morgan fingerprint density at radius 1 is 1.12 bits per heavy atom.